The second-order valence-electron chi connectivity index (χ2n) is 4.26. The number of hydrogen-bond acceptors (Lipinski definition) is 2. The van der Waals surface area contributed by atoms with Crippen molar-refractivity contribution in [2.75, 3.05) is 24.3 Å². The summed E-state index contributed by atoms with van der Waals surface area (Å²) in [5.41, 5.74) is 2.92. The van der Waals surface area contributed by atoms with E-state index in [9.17, 15) is 4.79 Å². The standard InChI is InChI=1S/C13H19N3O/c1-10(2)9-14-13(17)15-11-5-7-12(8-6-11)16(3)4/h5-9H,1-4H3,(H2,14,15,17). The Morgan fingerprint density at radius 1 is 1.18 bits per heavy atom. The Morgan fingerprint density at radius 2 is 1.76 bits per heavy atom. The van der Waals surface area contributed by atoms with Crippen LogP contribution in [-0.2, 0) is 0 Å². The molecule has 0 fully saturated rings. The first-order valence-electron chi connectivity index (χ1n) is 5.47. The minimum absolute atomic E-state index is 0.233. The predicted molar refractivity (Wildman–Crippen MR) is 72.4 cm³/mol. The largest absolute Gasteiger partial charge is 0.378 e. The molecule has 2 N–H and O–H groups in total. The van der Waals surface area contributed by atoms with E-state index >= 15 is 0 Å². The van der Waals surface area contributed by atoms with E-state index < -0.39 is 0 Å². The summed E-state index contributed by atoms with van der Waals surface area (Å²) in [5.74, 6) is 0. The molecule has 2 amide bonds. The molecule has 17 heavy (non-hydrogen) atoms. The molecule has 0 aromatic heterocycles. The van der Waals surface area contributed by atoms with Crippen molar-refractivity contribution >= 4 is 17.4 Å². The summed E-state index contributed by atoms with van der Waals surface area (Å²) in [5, 5.41) is 5.40. The van der Waals surface area contributed by atoms with Crippen LogP contribution < -0.4 is 15.5 Å². The van der Waals surface area contributed by atoms with Gasteiger partial charge in [0.25, 0.3) is 0 Å². The predicted octanol–water partition coefficient (Wildman–Crippen LogP) is 2.80. The summed E-state index contributed by atoms with van der Waals surface area (Å²) < 4.78 is 0. The topological polar surface area (TPSA) is 44.4 Å². The molecule has 4 nitrogen and oxygen atoms in total. The Bertz CT molecular complexity index is 403. The molecule has 0 heterocycles. The fourth-order valence-electron chi connectivity index (χ4n) is 1.22. The summed E-state index contributed by atoms with van der Waals surface area (Å²) in [7, 11) is 3.95. The lowest BCUT2D eigenvalue weighted by Crippen LogP contribution is -2.24. The monoisotopic (exact) mass is 233 g/mol. The highest BCUT2D eigenvalue weighted by Crippen LogP contribution is 2.15. The highest BCUT2D eigenvalue weighted by molar-refractivity contribution is 5.90. The van der Waals surface area contributed by atoms with Crippen molar-refractivity contribution in [3.63, 3.8) is 0 Å². The average Bonchev–Trinajstić information content (AvgIpc) is 2.27. The molecule has 92 valence electrons. The number of hydrogen-bond donors (Lipinski definition) is 2. The van der Waals surface area contributed by atoms with Crippen molar-refractivity contribution in [2.24, 2.45) is 0 Å². The summed E-state index contributed by atoms with van der Waals surface area (Å²) in [6, 6.07) is 7.42. The fraction of sp³-hybridized carbons (Fsp3) is 0.308. The van der Waals surface area contributed by atoms with Crippen LogP contribution in [0.1, 0.15) is 13.8 Å². The van der Waals surface area contributed by atoms with Gasteiger partial charge in [-0.1, -0.05) is 5.57 Å². The zero-order valence-corrected chi connectivity index (χ0v) is 10.7. The van der Waals surface area contributed by atoms with E-state index in [4.69, 9.17) is 0 Å². The number of benzene rings is 1. The van der Waals surface area contributed by atoms with Crippen molar-refractivity contribution in [3.8, 4) is 0 Å². The molecule has 0 bridgehead atoms. The van der Waals surface area contributed by atoms with E-state index in [2.05, 4.69) is 10.6 Å². The quantitative estimate of drug-likeness (QED) is 0.843. The highest BCUT2D eigenvalue weighted by atomic mass is 16.2. The zero-order chi connectivity index (χ0) is 12.8. The third kappa shape index (κ3) is 4.59. The van der Waals surface area contributed by atoms with Crippen LogP contribution in [0.3, 0.4) is 0 Å². The molecule has 1 rings (SSSR count). The molecule has 4 heteroatoms. The number of anilines is 2. The molecule has 0 unspecified atom stereocenters. The number of carbonyl (C=O) groups is 1. The van der Waals surface area contributed by atoms with Crippen LogP contribution in [0.2, 0.25) is 0 Å². The smallest absolute Gasteiger partial charge is 0.323 e. The molecule has 0 spiro atoms. The van der Waals surface area contributed by atoms with Crippen molar-refractivity contribution in [1.82, 2.24) is 5.32 Å². The summed E-state index contributed by atoms with van der Waals surface area (Å²) >= 11 is 0. The lowest BCUT2D eigenvalue weighted by atomic mass is 10.2. The molecular weight excluding hydrogens is 214 g/mol. The SMILES string of the molecule is CC(C)=CNC(=O)Nc1ccc(N(C)C)cc1. The zero-order valence-electron chi connectivity index (χ0n) is 10.7. The van der Waals surface area contributed by atoms with Gasteiger partial charge in [0, 0.05) is 31.7 Å². The Kier molecular flexibility index (Phi) is 4.57. The third-order valence-electron chi connectivity index (χ3n) is 2.13. The van der Waals surface area contributed by atoms with Crippen molar-refractivity contribution in [3.05, 3.63) is 36.0 Å². The molecule has 0 aliphatic heterocycles. The first-order valence-corrected chi connectivity index (χ1v) is 5.47. The van der Waals surface area contributed by atoms with Crippen LogP contribution in [0.4, 0.5) is 16.2 Å². The van der Waals surface area contributed by atoms with Crippen LogP contribution in [0.5, 0.6) is 0 Å². The van der Waals surface area contributed by atoms with E-state index in [0.717, 1.165) is 16.9 Å². The molecule has 0 aliphatic carbocycles. The van der Waals surface area contributed by atoms with Gasteiger partial charge in [-0.2, -0.15) is 0 Å². The molecule has 0 radical (unpaired) electrons. The van der Waals surface area contributed by atoms with Crippen LogP contribution in [0.25, 0.3) is 0 Å². The lowest BCUT2D eigenvalue weighted by molar-refractivity contribution is 0.255. The van der Waals surface area contributed by atoms with Crippen LogP contribution in [0, 0.1) is 0 Å². The number of urea groups is 1. The van der Waals surface area contributed by atoms with Gasteiger partial charge in [-0.3, -0.25) is 0 Å². The maximum atomic E-state index is 11.5. The maximum absolute atomic E-state index is 11.5. The molecule has 1 aromatic rings. The Hall–Kier alpha value is -1.97. The number of allylic oxidation sites excluding steroid dienone is 1. The Morgan fingerprint density at radius 3 is 2.24 bits per heavy atom. The first-order chi connectivity index (χ1) is 7.99. The van der Waals surface area contributed by atoms with Crippen LogP contribution in [-0.4, -0.2) is 20.1 Å². The molecular formula is C13H19N3O. The van der Waals surface area contributed by atoms with Gasteiger partial charge in [-0.05, 0) is 38.1 Å². The molecule has 0 saturated heterocycles. The first kappa shape index (κ1) is 13.1. The van der Waals surface area contributed by atoms with Crippen molar-refractivity contribution in [1.29, 1.82) is 0 Å². The van der Waals surface area contributed by atoms with Crippen LogP contribution >= 0.6 is 0 Å². The number of nitrogens with zero attached hydrogens (tertiary/aromatic N) is 1. The van der Waals surface area contributed by atoms with Crippen molar-refractivity contribution in [2.45, 2.75) is 13.8 Å². The normalized spacial score (nSPS) is 9.41. The second-order valence-corrected chi connectivity index (χ2v) is 4.26. The second kappa shape index (κ2) is 5.94. The number of carbonyl (C=O) groups excluding carboxylic acids is 1. The molecule has 0 atom stereocenters. The Labute approximate surface area is 102 Å². The third-order valence-corrected chi connectivity index (χ3v) is 2.13. The minimum atomic E-state index is -0.233. The number of amides is 2. The average molecular weight is 233 g/mol. The van der Waals surface area contributed by atoms with Gasteiger partial charge in [-0.25, -0.2) is 4.79 Å². The summed E-state index contributed by atoms with van der Waals surface area (Å²) in [4.78, 5) is 13.5. The Balaban J connectivity index is 2.57. The van der Waals surface area contributed by atoms with E-state index in [1.54, 1.807) is 6.20 Å². The van der Waals surface area contributed by atoms with Gasteiger partial charge in [0.05, 0.1) is 0 Å². The van der Waals surface area contributed by atoms with Crippen LogP contribution in [0.15, 0.2) is 36.0 Å². The maximum Gasteiger partial charge on any atom is 0.323 e. The highest BCUT2D eigenvalue weighted by Gasteiger charge is 2.00. The fourth-order valence-corrected chi connectivity index (χ4v) is 1.22. The van der Waals surface area contributed by atoms with Gasteiger partial charge < -0.3 is 15.5 Å². The van der Waals surface area contributed by atoms with Gasteiger partial charge in [-0.15, -0.1) is 0 Å². The van der Waals surface area contributed by atoms with Gasteiger partial charge in [0.2, 0.25) is 0 Å². The van der Waals surface area contributed by atoms with Gasteiger partial charge in [0.15, 0.2) is 0 Å². The van der Waals surface area contributed by atoms with Crippen molar-refractivity contribution < 1.29 is 4.79 Å². The minimum Gasteiger partial charge on any atom is -0.378 e. The number of rotatable bonds is 3. The lowest BCUT2D eigenvalue weighted by Gasteiger charge is -2.12. The van der Waals surface area contributed by atoms with E-state index in [-0.39, 0.29) is 6.03 Å². The van der Waals surface area contributed by atoms with Gasteiger partial charge in [0.1, 0.15) is 0 Å². The molecule has 1 aromatic carbocycles. The molecule has 0 saturated carbocycles. The molecule has 0 aliphatic rings. The van der Waals surface area contributed by atoms with E-state index in [1.807, 2.05) is 57.1 Å². The van der Waals surface area contributed by atoms with Gasteiger partial charge >= 0.3 is 6.03 Å². The van der Waals surface area contributed by atoms with E-state index in [1.165, 1.54) is 0 Å². The summed E-state index contributed by atoms with van der Waals surface area (Å²) in [6.07, 6.45) is 1.67. The van der Waals surface area contributed by atoms with E-state index in [0.29, 0.717) is 0 Å². The number of nitrogens with one attached hydrogen (secondary N) is 2. The summed E-state index contributed by atoms with van der Waals surface area (Å²) in [6.45, 7) is 3.85.